The molecule has 0 spiro atoms. The number of nitrogens with one attached hydrogen (secondary N) is 2. The van der Waals surface area contributed by atoms with Crippen molar-refractivity contribution < 1.29 is 4.79 Å². The van der Waals surface area contributed by atoms with Crippen molar-refractivity contribution in [2.45, 2.75) is 38.3 Å². The van der Waals surface area contributed by atoms with Gasteiger partial charge in [0, 0.05) is 20.1 Å². The molecule has 0 bridgehead atoms. The second-order valence-corrected chi connectivity index (χ2v) is 5.92. The van der Waals surface area contributed by atoms with Gasteiger partial charge in [-0.1, -0.05) is 43.2 Å². The van der Waals surface area contributed by atoms with Gasteiger partial charge in [-0.05, 0) is 18.4 Å². The molecular formula is C17H27IN4O. The zero-order chi connectivity index (χ0) is 15.8. The van der Waals surface area contributed by atoms with Crippen molar-refractivity contribution in [2.75, 3.05) is 20.6 Å². The number of hydrogen-bond donors (Lipinski definition) is 2. The van der Waals surface area contributed by atoms with Gasteiger partial charge < -0.3 is 15.5 Å². The van der Waals surface area contributed by atoms with Crippen LogP contribution in [-0.4, -0.2) is 43.4 Å². The minimum Gasteiger partial charge on any atom is -0.354 e. The van der Waals surface area contributed by atoms with E-state index in [0.717, 1.165) is 11.5 Å². The van der Waals surface area contributed by atoms with Crippen molar-refractivity contribution in [3.63, 3.8) is 0 Å². The molecule has 0 atom stereocenters. The molecule has 1 aliphatic rings. The number of nitrogens with zero attached hydrogens (tertiary/aromatic N) is 2. The van der Waals surface area contributed by atoms with Gasteiger partial charge in [0.25, 0.3) is 0 Å². The average Bonchev–Trinajstić information content (AvgIpc) is 3.03. The zero-order valence-electron chi connectivity index (χ0n) is 13.9. The molecule has 0 radical (unpaired) electrons. The lowest BCUT2D eigenvalue weighted by Gasteiger charge is -2.18. The van der Waals surface area contributed by atoms with Crippen LogP contribution in [0.2, 0.25) is 0 Å². The Bertz CT molecular complexity index is 499. The minimum absolute atomic E-state index is 0. The fourth-order valence-corrected chi connectivity index (χ4v) is 2.49. The summed E-state index contributed by atoms with van der Waals surface area (Å²) in [6, 6.07) is 10.6. The van der Waals surface area contributed by atoms with Crippen molar-refractivity contribution in [1.82, 2.24) is 15.5 Å². The number of halogens is 1. The number of carbonyl (C=O) groups excluding carboxylic acids is 1. The molecule has 1 amide bonds. The van der Waals surface area contributed by atoms with Gasteiger partial charge in [0.1, 0.15) is 0 Å². The quantitative estimate of drug-likeness (QED) is 0.429. The Morgan fingerprint density at radius 3 is 2.48 bits per heavy atom. The summed E-state index contributed by atoms with van der Waals surface area (Å²) >= 11 is 0. The highest BCUT2D eigenvalue weighted by atomic mass is 127. The highest BCUT2D eigenvalue weighted by Gasteiger charge is 2.16. The average molecular weight is 430 g/mol. The Morgan fingerprint density at radius 2 is 1.87 bits per heavy atom. The predicted octanol–water partition coefficient (Wildman–Crippen LogP) is 2.37. The minimum atomic E-state index is 0. The van der Waals surface area contributed by atoms with Crippen LogP contribution in [0.5, 0.6) is 0 Å². The van der Waals surface area contributed by atoms with Crippen LogP contribution in [0.3, 0.4) is 0 Å². The van der Waals surface area contributed by atoms with E-state index in [1.54, 1.807) is 19.0 Å². The molecule has 1 aromatic rings. The molecule has 1 fully saturated rings. The van der Waals surface area contributed by atoms with E-state index in [0.29, 0.717) is 12.6 Å². The third-order valence-corrected chi connectivity index (χ3v) is 3.86. The Morgan fingerprint density at radius 1 is 1.22 bits per heavy atom. The maximum Gasteiger partial charge on any atom is 0.241 e. The van der Waals surface area contributed by atoms with Crippen LogP contribution in [-0.2, 0) is 11.3 Å². The second-order valence-electron chi connectivity index (χ2n) is 5.92. The Kier molecular flexibility index (Phi) is 8.98. The number of rotatable bonds is 5. The Hall–Kier alpha value is -1.31. The van der Waals surface area contributed by atoms with E-state index in [2.05, 4.69) is 27.8 Å². The molecule has 2 rings (SSSR count). The maximum absolute atomic E-state index is 11.7. The maximum atomic E-state index is 11.7. The number of carbonyl (C=O) groups is 1. The molecule has 1 aromatic carbocycles. The number of hydrogen-bond acceptors (Lipinski definition) is 2. The summed E-state index contributed by atoms with van der Waals surface area (Å²) in [5, 5.41) is 6.59. The Labute approximate surface area is 156 Å². The fraction of sp³-hybridized carbons (Fsp3) is 0.529. The molecule has 0 aromatic heterocycles. The molecule has 2 N–H and O–H groups in total. The normalized spacial score (nSPS) is 15.0. The lowest BCUT2D eigenvalue weighted by atomic mass is 10.2. The molecule has 23 heavy (non-hydrogen) atoms. The number of guanidine groups is 1. The smallest absolute Gasteiger partial charge is 0.241 e. The number of likely N-dealkylation sites (N-methyl/N-ethyl adjacent to an activating group) is 1. The van der Waals surface area contributed by atoms with Gasteiger partial charge in [-0.25, -0.2) is 4.99 Å². The highest BCUT2D eigenvalue weighted by Crippen LogP contribution is 2.17. The molecule has 1 aliphatic carbocycles. The summed E-state index contributed by atoms with van der Waals surface area (Å²) < 4.78 is 0. The zero-order valence-corrected chi connectivity index (χ0v) is 16.2. The number of aliphatic imine (C=N–C) groups is 1. The monoisotopic (exact) mass is 430 g/mol. The summed E-state index contributed by atoms with van der Waals surface area (Å²) in [5.41, 5.74) is 1.16. The van der Waals surface area contributed by atoms with E-state index in [1.165, 1.54) is 25.7 Å². The molecule has 0 unspecified atom stereocenters. The van der Waals surface area contributed by atoms with E-state index in [-0.39, 0.29) is 36.4 Å². The van der Waals surface area contributed by atoms with Gasteiger partial charge in [0.05, 0.1) is 13.1 Å². The molecule has 128 valence electrons. The van der Waals surface area contributed by atoms with E-state index < -0.39 is 0 Å². The number of benzene rings is 1. The largest absolute Gasteiger partial charge is 0.354 e. The van der Waals surface area contributed by atoms with E-state index in [1.807, 2.05) is 18.2 Å². The molecule has 0 aliphatic heterocycles. The first kappa shape index (κ1) is 19.7. The first-order valence-corrected chi connectivity index (χ1v) is 7.94. The van der Waals surface area contributed by atoms with Crippen molar-refractivity contribution in [2.24, 2.45) is 4.99 Å². The van der Waals surface area contributed by atoms with Crippen LogP contribution >= 0.6 is 24.0 Å². The molecule has 0 saturated heterocycles. The molecule has 0 heterocycles. The molecule has 1 saturated carbocycles. The van der Waals surface area contributed by atoms with E-state index >= 15 is 0 Å². The van der Waals surface area contributed by atoms with Crippen molar-refractivity contribution in [1.29, 1.82) is 0 Å². The molecule has 5 nitrogen and oxygen atoms in total. The van der Waals surface area contributed by atoms with Gasteiger partial charge in [-0.2, -0.15) is 0 Å². The molecular weight excluding hydrogens is 403 g/mol. The lowest BCUT2D eigenvalue weighted by Crippen LogP contribution is -2.46. The standard InChI is InChI=1S/C17H26N4O.HI/c1-21(2)16(22)13-19-17(20-15-10-6-7-11-15)18-12-14-8-4-3-5-9-14;/h3-5,8-9,15H,6-7,10-13H2,1-2H3,(H2,18,19,20);1H. The van der Waals surface area contributed by atoms with Gasteiger partial charge in [-0.15, -0.1) is 24.0 Å². The summed E-state index contributed by atoms with van der Waals surface area (Å²) in [6.07, 6.45) is 4.88. The van der Waals surface area contributed by atoms with Gasteiger partial charge in [-0.3, -0.25) is 4.79 Å². The van der Waals surface area contributed by atoms with Crippen LogP contribution < -0.4 is 10.6 Å². The summed E-state index contributed by atoms with van der Waals surface area (Å²) in [6.45, 7) is 0.874. The van der Waals surface area contributed by atoms with E-state index in [9.17, 15) is 4.79 Å². The van der Waals surface area contributed by atoms with Crippen molar-refractivity contribution in [3.05, 3.63) is 35.9 Å². The first-order valence-electron chi connectivity index (χ1n) is 7.94. The van der Waals surface area contributed by atoms with Gasteiger partial charge in [0.15, 0.2) is 5.96 Å². The van der Waals surface area contributed by atoms with Crippen LogP contribution in [0.15, 0.2) is 35.3 Å². The highest BCUT2D eigenvalue weighted by molar-refractivity contribution is 14.0. The summed E-state index contributed by atoms with van der Waals surface area (Å²) in [5.74, 6) is 0.770. The first-order chi connectivity index (χ1) is 10.6. The predicted molar refractivity (Wildman–Crippen MR) is 105 cm³/mol. The van der Waals surface area contributed by atoms with Crippen LogP contribution in [0.25, 0.3) is 0 Å². The lowest BCUT2D eigenvalue weighted by molar-refractivity contribution is -0.127. The molecule has 6 heteroatoms. The number of amides is 1. The van der Waals surface area contributed by atoms with Gasteiger partial charge in [0.2, 0.25) is 5.91 Å². The fourth-order valence-electron chi connectivity index (χ4n) is 2.49. The third kappa shape index (κ3) is 7.20. The van der Waals surface area contributed by atoms with Crippen LogP contribution in [0, 0.1) is 0 Å². The SMILES string of the molecule is CN(C)C(=O)CNC(=NCc1ccccc1)NC1CCCC1.I. The van der Waals surface area contributed by atoms with Gasteiger partial charge >= 0.3 is 0 Å². The topological polar surface area (TPSA) is 56.7 Å². The summed E-state index contributed by atoms with van der Waals surface area (Å²) in [7, 11) is 3.52. The van der Waals surface area contributed by atoms with Crippen molar-refractivity contribution in [3.8, 4) is 0 Å². The van der Waals surface area contributed by atoms with E-state index in [4.69, 9.17) is 0 Å². The van der Waals surface area contributed by atoms with Crippen LogP contribution in [0.1, 0.15) is 31.2 Å². The van der Waals surface area contributed by atoms with Crippen LogP contribution in [0.4, 0.5) is 0 Å². The summed E-state index contributed by atoms with van der Waals surface area (Å²) in [4.78, 5) is 17.9. The van der Waals surface area contributed by atoms with Crippen molar-refractivity contribution >= 4 is 35.8 Å². The third-order valence-electron chi connectivity index (χ3n) is 3.86. The Balaban J connectivity index is 0.00000264. The second kappa shape index (κ2) is 10.5.